The minimum atomic E-state index is -0.793. The molecular weight excluding hydrogens is 480 g/mol. The summed E-state index contributed by atoms with van der Waals surface area (Å²) in [4.78, 5) is 28.5. The molecule has 8 nitrogen and oxygen atoms in total. The van der Waals surface area contributed by atoms with Gasteiger partial charge in [-0.1, -0.05) is 54.6 Å². The fraction of sp³-hybridized carbons (Fsp3) is 0.533. The summed E-state index contributed by atoms with van der Waals surface area (Å²) in [6.07, 6.45) is -0.236. The Kier molecular flexibility index (Phi) is 9.20. The second-order valence-electron chi connectivity index (χ2n) is 11.7. The lowest BCUT2D eigenvalue weighted by Gasteiger charge is -2.38. The van der Waals surface area contributed by atoms with Crippen LogP contribution in [0, 0.1) is 5.92 Å². The number of amides is 2. The Labute approximate surface area is 225 Å². The molecule has 1 heterocycles. The van der Waals surface area contributed by atoms with E-state index in [1.165, 1.54) is 0 Å². The monoisotopic (exact) mass is 522 g/mol. The van der Waals surface area contributed by atoms with Gasteiger partial charge >= 0.3 is 0 Å². The molecule has 1 saturated heterocycles. The van der Waals surface area contributed by atoms with E-state index in [2.05, 4.69) is 16.0 Å². The normalized spacial score (nSPS) is 23.3. The number of carbonyl (C=O) groups excluding carboxylic acids is 2. The summed E-state index contributed by atoms with van der Waals surface area (Å²) >= 11 is 0. The third-order valence-electron chi connectivity index (χ3n) is 7.35. The van der Waals surface area contributed by atoms with Crippen molar-refractivity contribution in [2.24, 2.45) is 5.92 Å². The molecule has 1 fully saturated rings. The number of nitrogens with one attached hydrogen (secondary N) is 3. The number of nitrogens with zero attached hydrogens (tertiary/aromatic N) is 1. The average Bonchev–Trinajstić information content (AvgIpc) is 3.18. The van der Waals surface area contributed by atoms with E-state index in [9.17, 15) is 19.8 Å². The van der Waals surface area contributed by atoms with E-state index >= 15 is 0 Å². The lowest BCUT2D eigenvalue weighted by atomic mass is 9.91. The second-order valence-corrected chi connectivity index (χ2v) is 11.7. The van der Waals surface area contributed by atoms with Crippen molar-refractivity contribution in [2.45, 2.75) is 69.9 Å². The van der Waals surface area contributed by atoms with Crippen molar-refractivity contribution in [3.8, 4) is 0 Å². The molecule has 2 amide bonds. The highest BCUT2D eigenvalue weighted by Crippen LogP contribution is 2.32. The number of fused-ring (bicyclic) bond motifs is 1. The minimum absolute atomic E-state index is 0.0654. The van der Waals surface area contributed by atoms with E-state index in [1.54, 1.807) is 0 Å². The lowest BCUT2D eigenvalue weighted by molar-refractivity contribution is -0.130. The Morgan fingerprint density at radius 3 is 2.55 bits per heavy atom. The van der Waals surface area contributed by atoms with Gasteiger partial charge in [0.1, 0.15) is 6.04 Å². The maximum Gasteiger partial charge on any atom is 0.239 e. The van der Waals surface area contributed by atoms with E-state index in [0.29, 0.717) is 32.5 Å². The fourth-order valence-corrected chi connectivity index (χ4v) is 5.55. The molecule has 0 aromatic heterocycles. The number of hydrogen-bond donors (Lipinski definition) is 5. The van der Waals surface area contributed by atoms with Crippen LogP contribution in [0.15, 0.2) is 54.6 Å². The molecule has 5 atom stereocenters. The molecule has 8 heteroatoms. The molecule has 1 aliphatic carbocycles. The molecule has 0 radical (unpaired) electrons. The Morgan fingerprint density at radius 2 is 1.82 bits per heavy atom. The molecule has 4 rings (SSSR count). The predicted octanol–water partition coefficient (Wildman–Crippen LogP) is 1.56. The number of aliphatic hydroxyl groups excluding tert-OH is 2. The van der Waals surface area contributed by atoms with Crippen molar-refractivity contribution in [2.75, 3.05) is 26.2 Å². The Hall–Kier alpha value is -2.78. The minimum Gasteiger partial charge on any atom is -0.392 e. The molecule has 5 N–H and O–H groups in total. The Bertz CT molecular complexity index is 1090. The van der Waals surface area contributed by atoms with Crippen LogP contribution in [0.2, 0.25) is 0 Å². The Balaban J connectivity index is 1.45. The highest BCUT2D eigenvalue weighted by atomic mass is 16.3. The van der Waals surface area contributed by atoms with Gasteiger partial charge in [0.2, 0.25) is 11.8 Å². The van der Waals surface area contributed by atoms with E-state index in [-0.39, 0.29) is 29.8 Å². The van der Waals surface area contributed by atoms with E-state index in [0.717, 1.165) is 23.2 Å². The van der Waals surface area contributed by atoms with Crippen LogP contribution in [0.4, 0.5) is 0 Å². The summed E-state index contributed by atoms with van der Waals surface area (Å²) in [7, 11) is 0. The van der Waals surface area contributed by atoms with Crippen LogP contribution in [0.25, 0.3) is 0 Å². The average molecular weight is 523 g/mol. The van der Waals surface area contributed by atoms with Crippen molar-refractivity contribution >= 4 is 11.8 Å². The van der Waals surface area contributed by atoms with Crippen LogP contribution in [0.5, 0.6) is 0 Å². The molecule has 2 aliphatic rings. The van der Waals surface area contributed by atoms with Crippen LogP contribution < -0.4 is 16.0 Å². The standard InChI is InChI=1S/C30H42N4O4/c1-30(2,3)33-29(38)25-18-31-13-14-34(25)19-23(35)16-22(15-20-9-5-4-6-10-20)28(37)32-27-24-12-8-7-11-21(24)17-26(27)36/h4-12,22-23,25-27,31,35-36H,13-19H2,1-3H3,(H,32,37)(H,33,38)/t22-,23+,25?,26?,27?/m1/s1. The van der Waals surface area contributed by atoms with Gasteiger partial charge in [-0.3, -0.25) is 14.5 Å². The first-order chi connectivity index (χ1) is 18.1. The first kappa shape index (κ1) is 28.2. The molecule has 206 valence electrons. The van der Waals surface area contributed by atoms with E-state index in [1.807, 2.05) is 80.3 Å². The molecule has 2 aromatic carbocycles. The third kappa shape index (κ3) is 7.41. The van der Waals surface area contributed by atoms with Crippen LogP contribution in [-0.2, 0) is 22.4 Å². The molecule has 0 spiro atoms. The van der Waals surface area contributed by atoms with Crippen molar-refractivity contribution in [1.82, 2.24) is 20.9 Å². The fourth-order valence-electron chi connectivity index (χ4n) is 5.55. The van der Waals surface area contributed by atoms with Gasteiger partial charge in [0.05, 0.1) is 18.2 Å². The highest BCUT2D eigenvalue weighted by Gasteiger charge is 2.35. The number of rotatable bonds is 9. The van der Waals surface area contributed by atoms with Gasteiger partial charge < -0.3 is 26.2 Å². The van der Waals surface area contributed by atoms with Crippen molar-refractivity contribution in [3.63, 3.8) is 0 Å². The summed E-state index contributed by atoms with van der Waals surface area (Å²) in [6, 6.07) is 16.7. The summed E-state index contributed by atoms with van der Waals surface area (Å²) in [6.45, 7) is 8.05. The van der Waals surface area contributed by atoms with Crippen LogP contribution in [0.1, 0.15) is 49.9 Å². The van der Waals surface area contributed by atoms with Gasteiger partial charge in [-0.25, -0.2) is 0 Å². The first-order valence-electron chi connectivity index (χ1n) is 13.7. The molecule has 38 heavy (non-hydrogen) atoms. The van der Waals surface area contributed by atoms with Gasteiger partial charge in [-0.2, -0.15) is 0 Å². The Morgan fingerprint density at radius 1 is 1.11 bits per heavy atom. The molecule has 0 bridgehead atoms. The van der Waals surface area contributed by atoms with Crippen molar-refractivity contribution in [3.05, 3.63) is 71.3 Å². The number of aliphatic hydroxyl groups is 2. The van der Waals surface area contributed by atoms with Crippen LogP contribution in [-0.4, -0.2) is 76.9 Å². The number of β-amino-alcohol motifs (C(OH)–C–C–N with tert-alkyl or cyclic N) is 1. The topological polar surface area (TPSA) is 114 Å². The quantitative estimate of drug-likeness (QED) is 0.342. The lowest BCUT2D eigenvalue weighted by Crippen LogP contribution is -2.61. The predicted molar refractivity (Wildman–Crippen MR) is 147 cm³/mol. The summed E-state index contributed by atoms with van der Waals surface area (Å²) < 4.78 is 0. The molecular formula is C30H42N4O4. The largest absolute Gasteiger partial charge is 0.392 e. The summed E-state index contributed by atoms with van der Waals surface area (Å²) in [5, 5.41) is 31.3. The number of benzene rings is 2. The summed E-state index contributed by atoms with van der Waals surface area (Å²) in [5.41, 5.74) is 2.65. The van der Waals surface area contributed by atoms with Gasteiger partial charge in [0, 0.05) is 44.1 Å². The second kappa shape index (κ2) is 12.4. The smallest absolute Gasteiger partial charge is 0.239 e. The zero-order valence-electron chi connectivity index (χ0n) is 22.7. The maximum atomic E-state index is 13.6. The van der Waals surface area contributed by atoms with Crippen molar-refractivity contribution in [1.29, 1.82) is 0 Å². The number of carbonyl (C=O) groups is 2. The summed E-state index contributed by atoms with van der Waals surface area (Å²) in [5.74, 6) is -0.738. The SMILES string of the molecule is CC(C)(C)NC(=O)C1CNCCN1C[C@@H](O)C[C@@H](Cc1ccccc1)C(=O)NC1c2ccccc2CC1O. The van der Waals surface area contributed by atoms with E-state index < -0.39 is 24.2 Å². The molecule has 3 unspecified atom stereocenters. The van der Waals surface area contributed by atoms with Gasteiger partial charge in [0.15, 0.2) is 0 Å². The maximum absolute atomic E-state index is 13.6. The number of hydrogen-bond acceptors (Lipinski definition) is 6. The van der Waals surface area contributed by atoms with E-state index in [4.69, 9.17) is 0 Å². The van der Waals surface area contributed by atoms with Gasteiger partial charge in [0.25, 0.3) is 0 Å². The zero-order valence-corrected chi connectivity index (χ0v) is 22.7. The molecule has 2 aromatic rings. The highest BCUT2D eigenvalue weighted by molar-refractivity contribution is 5.83. The number of piperazine rings is 1. The van der Waals surface area contributed by atoms with Crippen LogP contribution >= 0.6 is 0 Å². The third-order valence-corrected chi connectivity index (χ3v) is 7.35. The van der Waals surface area contributed by atoms with Crippen molar-refractivity contribution < 1.29 is 19.8 Å². The van der Waals surface area contributed by atoms with Gasteiger partial charge in [-0.05, 0) is 50.3 Å². The van der Waals surface area contributed by atoms with Crippen LogP contribution in [0.3, 0.4) is 0 Å². The van der Waals surface area contributed by atoms with Gasteiger partial charge in [-0.15, -0.1) is 0 Å². The zero-order chi connectivity index (χ0) is 27.3. The molecule has 1 aliphatic heterocycles. The first-order valence-corrected chi connectivity index (χ1v) is 13.7. The molecule has 0 saturated carbocycles.